The quantitative estimate of drug-likeness (QED) is 0.484. The molecule has 6 heteroatoms. The molecule has 21 heavy (non-hydrogen) atoms. The van der Waals surface area contributed by atoms with E-state index in [-0.39, 0.29) is 0 Å². The van der Waals surface area contributed by atoms with Crippen molar-refractivity contribution in [1.29, 1.82) is 0 Å². The highest BCUT2D eigenvalue weighted by molar-refractivity contribution is 4.71. The molecule has 0 bridgehead atoms. The smallest absolute Gasteiger partial charge is 0.0701 e. The van der Waals surface area contributed by atoms with E-state index < -0.39 is 0 Å². The van der Waals surface area contributed by atoms with E-state index in [2.05, 4.69) is 9.80 Å². The van der Waals surface area contributed by atoms with Gasteiger partial charge in [0.15, 0.2) is 0 Å². The Morgan fingerprint density at radius 2 is 1.33 bits per heavy atom. The average Bonchev–Trinajstić information content (AvgIpc) is 2.52. The number of piperazine rings is 1. The van der Waals surface area contributed by atoms with Gasteiger partial charge in [-0.15, -0.1) is 0 Å². The molecule has 0 spiro atoms. The number of rotatable bonds is 13. The highest BCUT2D eigenvalue weighted by atomic mass is 16.5. The predicted molar refractivity (Wildman–Crippen MR) is 84.7 cm³/mol. The van der Waals surface area contributed by atoms with Crippen LogP contribution in [0.3, 0.4) is 0 Å². The van der Waals surface area contributed by atoms with E-state index in [0.717, 1.165) is 39.2 Å². The molecule has 0 saturated carbocycles. The lowest BCUT2D eigenvalue weighted by molar-refractivity contribution is 0.0158. The maximum Gasteiger partial charge on any atom is 0.0701 e. The number of methoxy groups -OCH3 is 1. The second-order valence-corrected chi connectivity index (χ2v) is 5.40. The molecule has 0 radical (unpaired) electrons. The molecule has 0 unspecified atom stereocenters. The van der Waals surface area contributed by atoms with Crippen LogP contribution < -0.4 is 5.73 Å². The first-order chi connectivity index (χ1) is 10.4. The first-order valence-corrected chi connectivity index (χ1v) is 8.16. The zero-order valence-electron chi connectivity index (χ0n) is 13.6. The van der Waals surface area contributed by atoms with E-state index in [9.17, 15) is 0 Å². The van der Waals surface area contributed by atoms with Gasteiger partial charge in [0, 0.05) is 39.8 Å². The summed E-state index contributed by atoms with van der Waals surface area (Å²) < 4.78 is 15.8. The SMILES string of the molecule is COCCOCCOCCN1CCN(CCCCN)CC1. The Bertz CT molecular complexity index is 224. The second-order valence-electron chi connectivity index (χ2n) is 5.40. The molecular formula is C15H33N3O3. The van der Waals surface area contributed by atoms with Crippen molar-refractivity contribution in [2.45, 2.75) is 12.8 Å². The van der Waals surface area contributed by atoms with Gasteiger partial charge in [-0.1, -0.05) is 0 Å². The van der Waals surface area contributed by atoms with E-state index in [1.165, 1.54) is 26.1 Å². The maximum atomic E-state index is 5.59. The fourth-order valence-corrected chi connectivity index (χ4v) is 2.37. The van der Waals surface area contributed by atoms with Crippen molar-refractivity contribution in [3.63, 3.8) is 0 Å². The van der Waals surface area contributed by atoms with Crippen LogP contribution in [0.5, 0.6) is 0 Å². The largest absolute Gasteiger partial charge is 0.382 e. The number of nitrogens with two attached hydrogens (primary N) is 1. The van der Waals surface area contributed by atoms with Crippen LogP contribution in [0.1, 0.15) is 12.8 Å². The van der Waals surface area contributed by atoms with Crippen molar-refractivity contribution in [3.05, 3.63) is 0 Å². The first kappa shape index (κ1) is 18.8. The molecule has 1 fully saturated rings. The van der Waals surface area contributed by atoms with Crippen LogP contribution in [0.2, 0.25) is 0 Å². The first-order valence-electron chi connectivity index (χ1n) is 8.16. The lowest BCUT2D eigenvalue weighted by atomic mass is 10.2. The van der Waals surface area contributed by atoms with E-state index in [0.29, 0.717) is 26.4 Å². The topological polar surface area (TPSA) is 60.2 Å². The van der Waals surface area contributed by atoms with Crippen molar-refractivity contribution in [1.82, 2.24) is 9.80 Å². The molecule has 126 valence electrons. The zero-order chi connectivity index (χ0) is 15.2. The lowest BCUT2D eigenvalue weighted by Crippen LogP contribution is -2.47. The Morgan fingerprint density at radius 1 is 0.762 bits per heavy atom. The molecule has 1 aliphatic rings. The molecule has 2 N–H and O–H groups in total. The van der Waals surface area contributed by atoms with Gasteiger partial charge < -0.3 is 24.8 Å². The van der Waals surface area contributed by atoms with Crippen molar-refractivity contribution in [3.8, 4) is 0 Å². The normalized spacial score (nSPS) is 17.4. The minimum atomic E-state index is 0.645. The fourth-order valence-electron chi connectivity index (χ4n) is 2.37. The minimum absolute atomic E-state index is 0.645. The predicted octanol–water partition coefficient (Wildman–Crippen LogP) is 0.0225. The molecule has 1 saturated heterocycles. The molecule has 0 aromatic heterocycles. The summed E-state index contributed by atoms with van der Waals surface area (Å²) in [6.45, 7) is 11.1. The Hall–Kier alpha value is -0.240. The number of nitrogens with zero attached hydrogens (tertiary/aromatic N) is 2. The summed E-state index contributed by atoms with van der Waals surface area (Å²) >= 11 is 0. The molecule has 0 amide bonds. The summed E-state index contributed by atoms with van der Waals surface area (Å²) in [5, 5.41) is 0. The van der Waals surface area contributed by atoms with Crippen LogP contribution in [0.25, 0.3) is 0 Å². The summed E-state index contributed by atoms with van der Waals surface area (Å²) in [5.74, 6) is 0. The van der Waals surface area contributed by atoms with Gasteiger partial charge in [0.25, 0.3) is 0 Å². The Labute approximate surface area is 129 Å². The molecule has 6 nitrogen and oxygen atoms in total. The van der Waals surface area contributed by atoms with E-state index in [1.807, 2.05) is 0 Å². The molecule has 0 atom stereocenters. The molecule has 0 aromatic carbocycles. The van der Waals surface area contributed by atoms with Crippen molar-refractivity contribution in [2.24, 2.45) is 5.73 Å². The lowest BCUT2D eigenvalue weighted by Gasteiger charge is -2.34. The highest BCUT2D eigenvalue weighted by Gasteiger charge is 2.15. The highest BCUT2D eigenvalue weighted by Crippen LogP contribution is 2.03. The van der Waals surface area contributed by atoms with E-state index in [4.69, 9.17) is 19.9 Å². The zero-order valence-corrected chi connectivity index (χ0v) is 13.6. The van der Waals surface area contributed by atoms with Gasteiger partial charge in [-0.3, -0.25) is 4.90 Å². The molecule has 1 rings (SSSR count). The maximum absolute atomic E-state index is 5.59. The molecule has 0 aromatic rings. The van der Waals surface area contributed by atoms with E-state index in [1.54, 1.807) is 7.11 Å². The van der Waals surface area contributed by atoms with Gasteiger partial charge in [0.2, 0.25) is 0 Å². The van der Waals surface area contributed by atoms with Crippen LogP contribution in [0.4, 0.5) is 0 Å². The Balaban J connectivity index is 1.87. The third-order valence-electron chi connectivity index (χ3n) is 3.75. The molecule has 1 aliphatic heterocycles. The molecule has 1 heterocycles. The van der Waals surface area contributed by atoms with Crippen LogP contribution in [-0.2, 0) is 14.2 Å². The fraction of sp³-hybridized carbons (Fsp3) is 1.00. The van der Waals surface area contributed by atoms with Gasteiger partial charge in [-0.25, -0.2) is 0 Å². The monoisotopic (exact) mass is 303 g/mol. The number of hydrogen-bond acceptors (Lipinski definition) is 6. The van der Waals surface area contributed by atoms with Gasteiger partial charge in [0.05, 0.1) is 33.0 Å². The van der Waals surface area contributed by atoms with Crippen LogP contribution >= 0.6 is 0 Å². The standard InChI is InChI=1S/C15H33N3O3/c1-19-12-13-21-15-14-20-11-10-18-8-6-17(7-9-18)5-3-2-4-16/h2-16H2,1H3. The van der Waals surface area contributed by atoms with Crippen molar-refractivity contribution < 1.29 is 14.2 Å². The van der Waals surface area contributed by atoms with Gasteiger partial charge in [-0.2, -0.15) is 0 Å². The minimum Gasteiger partial charge on any atom is -0.382 e. The summed E-state index contributed by atoms with van der Waals surface area (Å²) in [6.07, 6.45) is 2.36. The Morgan fingerprint density at radius 3 is 1.95 bits per heavy atom. The summed E-state index contributed by atoms with van der Waals surface area (Å²) in [6, 6.07) is 0. The van der Waals surface area contributed by atoms with Crippen molar-refractivity contribution >= 4 is 0 Å². The van der Waals surface area contributed by atoms with Gasteiger partial charge in [-0.05, 0) is 25.9 Å². The number of unbranched alkanes of at least 4 members (excludes halogenated alkanes) is 1. The number of ether oxygens (including phenoxy) is 3. The summed E-state index contributed by atoms with van der Waals surface area (Å²) in [7, 11) is 1.68. The molecule has 0 aliphatic carbocycles. The Kier molecular flexibility index (Phi) is 12.0. The van der Waals surface area contributed by atoms with Gasteiger partial charge >= 0.3 is 0 Å². The van der Waals surface area contributed by atoms with Crippen molar-refractivity contribution in [2.75, 3.05) is 86.0 Å². The summed E-state index contributed by atoms with van der Waals surface area (Å²) in [5.41, 5.74) is 5.52. The van der Waals surface area contributed by atoms with Crippen LogP contribution in [0, 0.1) is 0 Å². The van der Waals surface area contributed by atoms with Crippen LogP contribution in [-0.4, -0.2) is 95.8 Å². The second kappa shape index (κ2) is 13.4. The third kappa shape index (κ3) is 10.2. The molecular weight excluding hydrogens is 270 g/mol. The van der Waals surface area contributed by atoms with Crippen LogP contribution in [0.15, 0.2) is 0 Å². The third-order valence-corrected chi connectivity index (χ3v) is 3.75. The summed E-state index contributed by atoms with van der Waals surface area (Å²) in [4.78, 5) is 5.02. The average molecular weight is 303 g/mol. The number of hydrogen-bond donors (Lipinski definition) is 1. The van der Waals surface area contributed by atoms with E-state index >= 15 is 0 Å². The van der Waals surface area contributed by atoms with Gasteiger partial charge in [0.1, 0.15) is 0 Å².